The van der Waals surface area contributed by atoms with E-state index in [1.807, 2.05) is 37.3 Å². The number of hydrogen-bond donors (Lipinski definition) is 0. The topological polar surface area (TPSA) is 49.9 Å². The number of benzene rings is 1. The molecular formula is C17H20N2O3. The molecule has 2 aliphatic heterocycles. The van der Waals surface area contributed by atoms with Crippen molar-refractivity contribution >= 4 is 17.5 Å². The van der Waals surface area contributed by atoms with Crippen LogP contribution in [0.15, 0.2) is 30.3 Å². The van der Waals surface area contributed by atoms with Crippen LogP contribution in [0.1, 0.15) is 37.3 Å². The van der Waals surface area contributed by atoms with Crippen molar-refractivity contribution in [3.8, 4) is 0 Å². The molecule has 1 aromatic carbocycles. The summed E-state index contributed by atoms with van der Waals surface area (Å²) in [5, 5.41) is 3.10. The Kier molecular flexibility index (Phi) is 3.98. The first-order chi connectivity index (χ1) is 10.7. The highest BCUT2D eigenvalue weighted by Crippen LogP contribution is 2.36. The molecule has 0 radical (unpaired) electrons. The summed E-state index contributed by atoms with van der Waals surface area (Å²) in [7, 11) is 1.67. The Morgan fingerprint density at radius 1 is 1.23 bits per heavy atom. The number of carbonyl (C=O) groups excluding carboxylic acids is 2. The molecule has 1 fully saturated rings. The molecule has 116 valence electrons. The van der Waals surface area contributed by atoms with Gasteiger partial charge in [0, 0.05) is 25.5 Å². The van der Waals surface area contributed by atoms with E-state index in [1.54, 1.807) is 12.1 Å². The fourth-order valence-electron chi connectivity index (χ4n) is 3.01. The molecule has 0 spiro atoms. The van der Waals surface area contributed by atoms with Crippen molar-refractivity contribution in [2.45, 2.75) is 38.8 Å². The largest absolute Gasteiger partial charge is 0.377 e. The van der Waals surface area contributed by atoms with Crippen LogP contribution in [0.5, 0.6) is 0 Å². The van der Waals surface area contributed by atoms with Crippen molar-refractivity contribution in [1.82, 2.24) is 10.0 Å². The van der Waals surface area contributed by atoms with Gasteiger partial charge in [-0.2, -0.15) is 5.01 Å². The highest BCUT2D eigenvalue weighted by atomic mass is 16.5. The van der Waals surface area contributed by atoms with Crippen molar-refractivity contribution in [3.63, 3.8) is 0 Å². The van der Waals surface area contributed by atoms with Crippen molar-refractivity contribution in [3.05, 3.63) is 41.5 Å². The minimum atomic E-state index is -0.130. The highest BCUT2D eigenvalue weighted by Gasteiger charge is 2.38. The summed E-state index contributed by atoms with van der Waals surface area (Å²) in [4.78, 5) is 24.2. The summed E-state index contributed by atoms with van der Waals surface area (Å²) >= 11 is 0. The first kappa shape index (κ1) is 14.8. The van der Waals surface area contributed by atoms with E-state index in [-0.39, 0.29) is 17.9 Å². The number of fused-ring (bicyclic) bond motifs is 1. The zero-order valence-corrected chi connectivity index (χ0v) is 12.9. The molecule has 1 unspecified atom stereocenters. The second-order valence-electron chi connectivity index (χ2n) is 5.55. The molecule has 1 atom stereocenters. The minimum Gasteiger partial charge on any atom is -0.377 e. The van der Waals surface area contributed by atoms with Gasteiger partial charge in [-0.25, -0.2) is 0 Å². The predicted octanol–water partition coefficient (Wildman–Crippen LogP) is 2.33. The van der Waals surface area contributed by atoms with Crippen LogP contribution < -0.4 is 0 Å². The standard InChI is InChI=1S/C17H20N2O3/c1-3-13(22-2)10-15-14-7-5-4-6-12(14)11-18(15)19-16(20)8-9-17(19)21/h4-7,10,13H,3,8-9,11H2,1-2H3. The van der Waals surface area contributed by atoms with Crippen LogP contribution in [0.2, 0.25) is 0 Å². The number of ether oxygens (including phenoxy) is 1. The quantitative estimate of drug-likeness (QED) is 0.801. The molecule has 3 rings (SSSR count). The molecule has 2 heterocycles. The van der Waals surface area contributed by atoms with E-state index in [0.717, 1.165) is 23.2 Å². The number of nitrogens with zero attached hydrogens (tertiary/aromatic N) is 2. The summed E-state index contributed by atoms with van der Waals surface area (Å²) in [6, 6.07) is 8.00. The lowest BCUT2D eigenvalue weighted by Crippen LogP contribution is -2.42. The smallest absolute Gasteiger partial charge is 0.248 e. The number of amides is 2. The average Bonchev–Trinajstić information content (AvgIpc) is 3.05. The summed E-state index contributed by atoms with van der Waals surface area (Å²) in [6.07, 6.45) is 3.38. The lowest BCUT2D eigenvalue weighted by molar-refractivity contribution is -0.152. The Morgan fingerprint density at radius 2 is 1.91 bits per heavy atom. The van der Waals surface area contributed by atoms with E-state index in [9.17, 15) is 9.59 Å². The Hall–Kier alpha value is -2.14. The third-order valence-corrected chi connectivity index (χ3v) is 4.21. The van der Waals surface area contributed by atoms with Gasteiger partial charge in [-0.1, -0.05) is 31.2 Å². The Bertz CT molecular complexity index is 619. The van der Waals surface area contributed by atoms with Crippen molar-refractivity contribution < 1.29 is 14.3 Å². The minimum absolute atomic E-state index is 0.0449. The number of methoxy groups -OCH3 is 1. The molecule has 5 nitrogen and oxygen atoms in total. The van der Waals surface area contributed by atoms with E-state index in [4.69, 9.17) is 4.74 Å². The molecule has 0 N–H and O–H groups in total. The van der Waals surface area contributed by atoms with Crippen LogP contribution in [0.25, 0.3) is 5.70 Å². The summed E-state index contributed by atoms with van der Waals surface area (Å²) in [5.41, 5.74) is 3.06. The molecule has 0 saturated carbocycles. The van der Waals surface area contributed by atoms with Crippen LogP contribution in [0.4, 0.5) is 0 Å². The van der Waals surface area contributed by atoms with Gasteiger partial charge in [-0.05, 0) is 18.1 Å². The van der Waals surface area contributed by atoms with Gasteiger partial charge in [0.05, 0.1) is 18.3 Å². The normalized spacial score (nSPS) is 20.9. The molecular weight excluding hydrogens is 280 g/mol. The summed E-state index contributed by atoms with van der Waals surface area (Å²) < 4.78 is 5.45. The van der Waals surface area contributed by atoms with E-state index >= 15 is 0 Å². The van der Waals surface area contributed by atoms with Crippen LogP contribution in [-0.4, -0.2) is 35.0 Å². The van der Waals surface area contributed by atoms with Crippen LogP contribution in [0.3, 0.4) is 0 Å². The van der Waals surface area contributed by atoms with Crippen molar-refractivity contribution in [1.29, 1.82) is 0 Å². The number of carbonyl (C=O) groups is 2. The van der Waals surface area contributed by atoms with Gasteiger partial charge in [0.15, 0.2) is 0 Å². The lowest BCUT2D eigenvalue weighted by atomic mass is 10.1. The van der Waals surface area contributed by atoms with E-state index in [0.29, 0.717) is 19.4 Å². The van der Waals surface area contributed by atoms with Gasteiger partial charge in [0.1, 0.15) is 0 Å². The molecule has 22 heavy (non-hydrogen) atoms. The second-order valence-corrected chi connectivity index (χ2v) is 5.55. The van der Waals surface area contributed by atoms with Crippen molar-refractivity contribution in [2.24, 2.45) is 0 Å². The van der Waals surface area contributed by atoms with Crippen LogP contribution in [-0.2, 0) is 20.9 Å². The molecule has 0 aromatic heterocycles. The molecule has 0 bridgehead atoms. The molecule has 1 saturated heterocycles. The fraction of sp³-hybridized carbons (Fsp3) is 0.412. The van der Waals surface area contributed by atoms with Gasteiger partial charge < -0.3 is 4.74 Å². The first-order valence-electron chi connectivity index (χ1n) is 7.61. The lowest BCUT2D eigenvalue weighted by Gasteiger charge is -2.29. The maximum atomic E-state index is 12.1. The summed E-state index contributed by atoms with van der Waals surface area (Å²) in [5.74, 6) is -0.261. The molecule has 2 aliphatic rings. The van der Waals surface area contributed by atoms with Gasteiger partial charge in [-0.15, -0.1) is 0 Å². The van der Waals surface area contributed by atoms with E-state index in [1.165, 1.54) is 5.01 Å². The Morgan fingerprint density at radius 3 is 2.55 bits per heavy atom. The molecule has 0 aliphatic carbocycles. The summed E-state index contributed by atoms with van der Waals surface area (Å²) in [6.45, 7) is 2.59. The molecule has 5 heteroatoms. The fourth-order valence-corrected chi connectivity index (χ4v) is 3.01. The molecule has 2 amide bonds. The Labute approximate surface area is 130 Å². The zero-order chi connectivity index (χ0) is 15.7. The van der Waals surface area contributed by atoms with Gasteiger partial charge >= 0.3 is 0 Å². The number of rotatable bonds is 4. The number of imide groups is 1. The highest BCUT2D eigenvalue weighted by molar-refractivity contribution is 6.02. The average molecular weight is 300 g/mol. The van der Waals surface area contributed by atoms with Crippen molar-refractivity contribution in [2.75, 3.05) is 7.11 Å². The van der Waals surface area contributed by atoms with Gasteiger partial charge in [0.25, 0.3) is 0 Å². The third kappa shape index (κ3) is 2.41. The van der Waals surface area contributed by atoms with E-state index < -0.39 is 0 Å². The first-order valence-corrected chi connectivity index (χ1v) is 7.61. The number of hydrazine groups is 1. The monoisotopic (exact) mass is 300 g/mol. The molecule has 1 aromatic rings. The Balaban J connectivity index is 2.03. The van der Waals surface area contributed by atoms with E-state index in [2.05, 4.69) is 0 Å². The van der Waals surface area contributed by atoms with Gasteiger partial charge in [-0.3, -0.25) is 14.6 Å². The second kappa shape index (κ2) is 5.93. The maximum absolute atomic E-state index is 12.1. The van der Waals surface area contributed by atoms with Crippen LogP contribution in [0, 0.1) is 0 Å². The van der Waals surface area contributed by atoms with Crippen LogP contribution >= 0.6 is 0 Å². The SMILES string of the molecule is CCC(C=C1c2ccccc2CN1N1C(=O)CCC1=O)OC. The zero-order valence-electron chi connectivity index (χ0n) is 12.9. The third-order valence-electron chi connectivity index (χ3n) is 4.21. The predicted molar refractivity (Wildman–Crippen MR) is 82.1 cm³/mol. The van der Waals surface area contributed by atoms with Gasteiger partial charge in [0.2, 0.25) is 11.8 Å². The maximum Gasteiger partial charge on any atom is 0.248 e. The number of hydrogen-bond acceptors (Lipinski definition) is 4.